The lowest BCUT2D eigenvalue weighted by atomic mass is 9.80. The normalized spacial score (nSPS) is 19.3. The largest absolute Gasteiger partial charge is 0.465 e. The first-order valence-electron chi connectivity index (χ1n) is 5.96. The Bertz CT molecular complexity index is 258. The van der Waals surface area contributed by atoms with Gasteiger partial charge >= 0.3 is 6.09 Å². The third-order valence-electron chi connectivity index (χ3n) is 3.39. The molecule has 0 bridgehead atoms. The number of halogens is 1. The van der Waals surface area contributed by atoms with Crippen LogP contribution < -0.4 is 5.32 Å². The molecule has 1 amide bonds. The molecule has 0 radical (unpaired) electrons. The van der Waals surface area contributed by atoms with E-state index < -0.39 is 6.09 Å². The second-order valence-corrected chi connectivity index (χ2v) is 6.10. The van der Waals surface area contributed by atoms with E-state index in [1.807, 2.05) is 20.8 Å². The van der Waals surface area contributed by atoms with Crippen molar-refractivity contribution in [1.82, 2.24) is 10.2 Å². The Balaban J connectivity index is 0.00000256. The molecule has 0 aliphatic carbocycles. The lowest BCUT2D eigenvalue weighted by molar-refractivity contribution is 0.0570. The zero-order valence-corrected chi connectivity index (χ0v) is 12.1. The van der Waals surface area contributed by atoms with Crippen LogP contribution in [0.3, 0.4) is 0 Å². The highest BCUT2D eigenvalue weighted by atomic mass is 35.5. The molecular weight excluding hydrogens is 240 g/mol. The fourth-order valence-electron chi connectivity index (χ4n) is 2.16. The molecule has 17 heavy (non-hydrogen) atoms. The monoisotopic (exact) mass is 264 g/mol. The van der Waals surface area contributed by atoms with Crippen molar-refractivity contribution in [3.8, 4) is 0 Å². The van der Waals surface area contributed by atoms with Crippen molar-refractivity contribution < 1.29 is 9.90 Å². The molecule has 1 fully saturated rings. The zero-order chi connectivity index (χ0) is 12.4. The molecule has 1 aliphatic rings. The lowest BCUT2D eigenvalue weighted by Crippen LogP contribution is -2.51. The van der Waals surface area contributed by atoms with Crippen LogP contribution in [-0.2, 0) is 0 Å². The average molecular weight is 265 g/mol. The van der Waals surface area contributed by atoms with Gasteiger partial charge in [0.05, 0.1) is 0 Å². The summed E-state index contributed by atoms with van der Waals surface area (Å²) in [6.07, 6.45) is 1.28. The van der Waals surface area contributed by atoms with Crippen molar-refractivity contribution in [3.63, 3.8) is 0 Å². The van der Waals surface area contributed by atoms with E-state index in [-0.39, 0.29) is 23.4 Å². The number of nitrogens with zero attached hydrogens (tertiary/aromatic N) is 1. The maximum Gasteiger partial charge on any atom is 0.407 e. The van der Waals surface area contributed by atoms with E-state index in [4.69, 9.17) is 0 Å². The van der Waals surface area contributed by atoms with Gasteiger partial charge in [-0.1, -0.05) is 6.92 Å². The van der Waals surface area contributed by atoms with Crippen LogP contribution in [0.5, 0.6) is 0 Å². The van der Waals surface area contributed by atoms with Crippen molar-refractivity contribution in [3.05, 3.63) is 0 Å². The summed E-state index contributed by atoms with van der Waals surface area (Å²) < 4.78 is 0. The quantitative estimate of drug-likeness (QED) is 0.806. The summed E-state index contributed by atoms with van der Waals surface area (Å²) in [5.74, 6) is 0. The Morgan fingerprint density at radius 2 is 1.82 bits per heavy atom. The van der Waals surface area contributed by atoms with Crippen LogP contribution in [0.25, 0.3) is 0 Å². The average Bonchev–Trinajstić information content (AvgIpc) is 2.13. The zero-order valence-electron chi connectivity index (χ0n) is 11.2. The van der Waals surface area contributed by atoms with Crippen LogP contribution in [-0.4, -0.2) is 41.3 Å². The second kappa shape index (κ2) is 5.91. The third kappa shape index (κ3) is 4.72. The Morgan fingerprint density at radius 3 is 2.18 bits per heavy atom. The molecule has 0 saturated carbocycles. The predicted octanol–water partition coefficient (Wildman–Crippen LogP) is 2.58. The minimum Gasteiger partial charge on any atom is -0.465 e. The SMILES string of the molecule is CC1(CN(C(=O)O)C(C)(C)C)CCNCC1.Cl. The standard InChI is InChI=1S/C12H24N2O2.ClH/c1-11(2,3)14(10(15)16)9-12(4)5-7-13-8-6-12;/h13H,5-9H2,1-4H3,(H,15,16);1H. The number of carboxylic acid groups (broad SMARTS) is 1. The Kier molecular flexibility index (Phi) is 5.75. The van der Waals surface area contributed by atoms with Crippen molar-refractivity contribution in [2.75, 3.05) is 19.6 Å². The van der Waals surface area contributed by atoms with Crippen LogP contribution in [0.1, 0.15) is 40.5 Å². The summed E-state index contributed by atoms with van der Waals surface area (Å²) in [6.45, 7) is 10.7. The van der Waals surface area contributed by atoms with Crippen molar-refractivity contribution >= 4 is 18.5 Å². The summed E-state index contributed by atoms with van der Waals surface area (Å²) in [6, 6.07) is 0. The van der Waals surface area contributed by atoms with Gasteiger partial charge in [-0.3, -0.25) is 0 Å². The molecule has 1 saturated heterocycles. The number of nitrogens with one attached hydrogen (secondary N) is 1. The summed E-state index contributed by atoms with van der Waals surface area (Å²) in [5, 5.41) is 12.6. The topological polar surface area (TPSA) is 52.6 Å². The van der Waals surface area contributed by atoms with Crippen molar-refractivity contribution in [1.29, 1.82) is 0 Å². The Hall–Kier alpha value is -0.480. The predicted molar refractivity (Wildman–Crippen MR) is 71.9 cm³/mol. The van der Waals surface area contributed by atoms with E-state index in [0.717, 1.165) is 25.9 Å². The maximum absolute atomic E-state index is 11.3. The molecule has 0 spiro atoms. The third-order valence-corrected chi connectivity index (χ3v) is 3.39. The summed E-state index contributed by atoms with van der Waals surface area (Å²) >= 11 is 0. The first kappa shape index (κ1) is 16.5. The smallest absolute Gasteiger partial charge is 0.407 e. The van der Waals surface area contributed by atoms with Crippen LogP contribution in [0.2, 0.25) is 0 Å². The Labute approximate surface area is 110 Å². The van der Waals surface area contributed by atoms with E-state index in [0.29, 0.717) is 6.54 Å². The van der Waals surface area contributed by atoms with Gasteiger partial charge in [0.25, 0.3) is 0 Å². The summed E-state index contributed by atoms with van der Waals surface area (Å²) in [4.78, 5) is 12.8. The first-order chi connectivity index (χ1) is 7.25. The van der Waals surface area contributed by atoms with E-state index in [1.54, 1.807) is 4.90 Å². The van der Waals surface area contributed by atoms with Crippen molar-refractivity contribution in [2.45, 2.75) is 46.1 Å². The molecule has 4 nitrogen and oxygen atoms in total. The molecule has 0 unspecified atom stereocenters. The van der Waals surface area contributed by atoms with E-state index >= 15 is 0 Å². The lowest BCUT2D eigenvalue weighted by Gasteiger charge is -2.42. The van der Waals surface area contributed by atoms with Gasteiger partial charge in [0.2, 0.25) is 0 Å². The van der Waals surface area contributed by atoms with Gasteiger partial charge in [-0.25, -0.2) is 4.79 Å². The minimum absolute atomic E-state index is 0. The van der Waals surface area contributed by atoms with Crippen LogP contribution in [0.4, 0.5) is 4.79 Å². The number of carbonyl (C=O) groups is 1. The van der Waals surface area contributed by atoms with Crippen LogP contribution >= 0.6 is 12.4 Å². The van der Waals surface area contributed by atoms with Crippen molar-refractivity contribution in [2.24, 2.45) is 5.41 Å². The highest BCUT2D eigenvalue weighted by Gasteiger charge is 2.35. The number of piperidine rings is 1. The van der Waals surface area contributed by atoms with Gasteiger partial charge in [0, 0.05) is 12.1 Å². The molecule has 0 aromatic carbocycles. The molecule has 0 aromatic heterocycles. The molecule has 2 N–H and O–H groups in total. The molecule has 1 aliphatic heterocycles. The number of amides is 1. The Morgan fingerprint density at radius 1 is 1.35 bits per heavy atom. The molecule has 1 heterocycles. The van der Waals surface area contributed by atoms with Gasteiger partial charge in [0.1, 0.15) is 0 Å². The van der Waals surface area contributed by atoms with E-state index in [9.17, 15) is 9.90 Å². The maximum atomic E-state index is 11.3. The van der Waals surface area contributed by atoms with E-state index in [2.05, 4.69) is 12.2 Å². The summed E-state index contributed by atoms with van der Waals surface area (Å²) in [7, 11) is 0. The van der Waals surface area contributed by atoms with Gasteiger partial charge in [-0.15, -0.1) is 12.4 Å². The number of hydrogen-bond donors (Lipinski definition) is 2. The van der Waals surface area contributed by atoms with E-state index in [1.165, 1.54) is 0 Å². The highest BCUT2D eigenvalue weighted by Crippen LogP contribution is 2.31. The van der Waals surface area contributed by atoms with Crippen LogP contribution in [0, 0.1) is 5.41 Å². The number of rotatable bonds is 2. The van der Waals surface area contributed by atoms with Gasteiger partial charge < -0.3 is 15.3 Å². The fourth-order valence-corrected chi connectivity index (χ4v) is 2.16. The fraction of sp³-hybridized carbons (Fsp3) is 0.917. The minimum atomic E-state index is -0.813. The van der Waals surface area contributed by atoms with Gasteiger partial charge in [-0.05, 0) is 52.1 Å². The summed E-state index contributed by atoms with van der Waals surface area (Å²) in [5.41, 5.74) is -0.198. The number of hydrogen-bond acceptors (Lipinski definition) is 2. The molecule has 0 atom stereocenters. The molecule has 5 heteroatoms. The highest BCUT2D eigenvalue weighted by molar-refractivity contribution is 5.85. The molecule has 1 rings (SSSR count). The van der Waals surface area contributed by atoms with Crippen LogP contribution in [0.15, 0.2) is 0 Å². The molecule has 0 aromatic rings. The van der Waals surface area contributed by atoms with Gasteiger partial charge in [-0.2, -0.15) is 0 Å². The first-order valence-corrected chi connectivity index (χ1v) is 5.96. The van der Waals surface area contributed by atoms with Gasteiger partial charge in [0.15, 0.2) is 0 Å². The molecule has 102 valence electrons. The second-order valence-electron chi connectivity index (χ2n) is 6.10. The molecular formula is C12H25ClN2O2.